The van der Waals surface area contributed by atoms with E-state index >= 15 is 0 Å². The van der Waals surface area contributed by atoms with E-state index < -0.39 is 0 Å². The van der Waals surface area contributed by atoms with Crippen LogP contribution in [0.1, 0.15) is 11.1 Å². The Morgan fingerprint density at radius 2 is 1.46 bits per heavy atom. The van der Waals surface area contributed by atoms with E-state index in [2.05, 4.69) is 17.1 Å². The molecule has 24 heavy (non-hydrogen) atoms. The van der Waals surface area contributed by atoms with E-state index in [-0.39, 0.29) is 0 Å². The molecule has 0 heterocycles. The molecule has 0 aromatic heterocycles. The first-order chi connectivity index (χ1) is 11.8. The predicted octanol–water partition coefficient (Wildman–Crippen LogP) is 5.02. The van der Waals surface area contributed by atoms with Gasteiger partial charge in [0.25, 0.3) is 0 Å². The molecule has 3 aromatic rings. The third-order valence-corrected chi connectivity index (χ3v) is 3.56. The second-order valence-electron chi connectivity index (χ2n) is 5.30. The number of rotatable bonds is 6. The van der Waals surface area contributed by atoms with Gasteiger partial charge in [0.05, 0.1) is 12.8 Å². The molecule has 0 saturated carbocycles. The fourth-order valence-electron chi connectivity index (χ4n) is 2.21. The van der Waals surface area contributed by atoms with Gasteiger partial charge < -0.3 is 9.47 Å². The van der Waals surface area contributed by atoms with Crippen molar-refractivity contribution in [1.82, 2.24) is 0 Å². The van der Waals surface area contributed by atoms with Gasteiger partial charge in [0.2, 0.25) is 0 Å². The maximum absolute atomic E-state index is 5.78. The molecule has 0 aliphatic heterocycles. The molecule has 0 spiro atoms. The molecule has 0 bridgehead atoms. The minimum Gasteiger partial charge on any atom is -0.497 e. The Bertz CT molecular complexity index is 778. The van der Waals surface area contributed by atoms with Crippen molar-refractivity contribution in [1.29, 1.82) is 0 Å². The molecule has 0 aliphatic rings. The highest BCUT2D eigenvalue weighted by molar-refractivity contribution is 5.82. The molecule has 3 heteroatoms. The van der Waals surface area contributed by atoms with Crippen LogP contribution in [0.4, 0.5) is 5.69 Å². The van der Waals surface area contributed by atoms with Gasteiger partial charge in [-0.2, -0.15) is 0 Å². The Labute approximate surface area is 142 Å². The van der Waals surface area contributed by atoms with E-state index in [4.69, 9.17) is 9.47 Å². The van der Waals surface area contributed by atoms with Crippen molar-refractivity contribution >= 4 is 11.9 Å². The van der Waals surface area contributed by atoms with Gasteiger partial charge in [0.15, 0.2) is 0 Å². The van der Waals surface area contributed by atoms with Crippen molar-refractivity contribution in [2.24, 2.45) is 4.99 Å². The Morgan fingerprint density at radius 1 is 0.792 bits per heavy atom. The summed E-state index contributed by atoms with van der Waals surface area (Å²) in [7, 11) is 1.65. The van der Waals surface area contributed by atoms with Crippen LogP contribution in [0.25, 0.3) is 0 Å². The highest BCUT2D eigenvalue weighted by Crippen LogP contribution is 2.18. The molecule has 0 fully saturated rings. The second kappa shape index (κ2) is 7.97. The zero-order valence-corrected chi connectivity index (χ0v) is 13.6. The summed E-state index contributed by atoms with van der Waals surface area (Å²) in [6, 6.07) is 25.7. The number of ether oxygens (including phenoxy) is 2. The summed E-state index contributed by atoms with van der Waals surface area (Å²) < 4.78 is 10.9. The summed E-state index contributed by atoms with van der Waals surface area (Å²) >= 11 is 0. The fraction of sp³-hybridized carbons (Fsp3) is 0.0952. The minimum atomic E-state index is 0.570. The summed E-state index contributed by atoms with van der Waals surface area (Å²) in [5.74, 6) is 1.68. The summed E-state index contributed by atoms with van der Waals surface area (Å²) in [6.07, 6.45) is 1.84. The smallest absolute Gasteiger partial charge is 0.119 e. The number of nitrogens with zero attached hydrogens (tertiary/aromatic N) is 1. The van der Waals surface area contributed by atoms with Crippen LogP contribution in [-0.4, -0.2) is 13.3 Å². The molecule has 3 aromatic carbocycles. The first kappa shape index (κ1) is 15.8. The maximum atomic E-state index is 5.78. The van der Waals surface area contributed by atoms with E-state index in [0.717, 1.165) is 28.3 Å². The highest BCUT2D eigenvalue weighted by Gasteiger charge is 1.96. The van der Waals surface area contributed by atoms with Gasteiger partial charge in [-0.05, 0) is 59.7 Å². The van der Waals surface area contributed by atoms with Crippen LogP contribution in [0, 0.1) is 0 Å². The van der Waals surface area contributed by atoms with Crippen LogP contribution < -0.4 is 9.47 Å². The van der Waals surface area contributed by atoms with Gasteiger partial charge in [-0.25, -0.2) is 0 Å². The van der Waals surface area contributed by atoms with E-state index in [0.29, 0.717) is 6.61 Å². The SMILES string of the molecule is COc1ccc(/N=C/c2ccc(OCc3ccccc3)cc2)cc1. The summed E-state index contributed by atoms with van der Waals surface area (Å²) in [4.78, 5) is 4.45. The average Bonchev–Trinajstić information content (AvgIpc) is 2.67. The topological polar surface area (TPSA) is 30.8 Å². The number of aliphatic imine (C=N–C) groups is 1. The molecule has 0 saturated heterocycles. The second-order valence-corrected chi connectivity index (χ2v) is 5.30. The van der Waals surface area contributed by atoms with Crippen LogP contribution >= 0.6 is 0 Å². The number of hydrogen-bond acceptors (Lipinski definition) is 3. The number of benzene rings is 3. The molecular weight excluding hydrogens is 298 g/mol. The van der Waals surface area contributed by atoms with Crippen molar-refractivity contribution in [3.8, 4) is 11.5 Å². The molecule has 0 atom stereocenters. The van der Waals surface area contributed by atoms with Gasteiger partial charge in [-0.3, -0.25) is 4.99 Å². The molecular formula is C21H19NO2. The largest absolute Gasteiger partial charge is 0.497 e. The van der Waals surface area contributed by atoms with E-state index in [1.165, 1.54) is 0 Å². The Kier molecular flexibility index (Phi) is 5.25. The lowest BCUT2D eigenvalue weighted by molar-refractivity contribution is 0.306. The van der Waals surface area contributed by atoms with Crippen molar-refractivity contribution in [2.75, 3.05) is 7.11 Å². The summed E-state index contributed by atoms with van der Waals surface area (Å²) in [5, 5.41) is 0. The van der Waals surface area contributed by atoms with Crippen molar-refractivity contribution in [3.05, 3.63) is 90.0 Å². The predicted molar refractivity (Wildman–Crippen MR) is 97.5 cm³/mol. The molecule has 0 amide bonds. The lowest BCUT2D eigenvalue weighted by atomic mass is 10.2. The fourth-order valence-corrected chi connectivity index (χ4v) is 2.21. The van der Waals surface area contributed by atoms with Gasteiger partial charge >= 0.3 is 0 Å². The third-order valence-electron chi connectivity index (χ3n) is 3.56. The van der Waals surface area contributed by atoms with Gasteiger partial charge in [-0.15, -0.1) is 0 Å². The van der Waals surface area contributed by atoms with Crippen LogP contribution in [0.5, 0.6) is 11.5 Å². The van der Waals surface area contributed by atoms with E-state index in [1.54, 1.807) is 7.11 Å². The lowest BCUT2D eigenvalue weighted by Gasteiger charge is -2.06. The third kappa shape index (κ3) is 4.46. The maximum Gasteiger partial charge on any atom is 0.119 e. The van der Waals surface area contributed by atoms with Crippen molar-refractivity contribution < 1.29 is 9.47 Å². The first-order valence-corrected chi connectivity index (χ1v) is 7.78. The van der Waals surface area contributed by atoms with Gasteiger partial charge in [0.1, 0.15) is 18.1 Å². The molecule has 0 N–H and O–H groups in total. The first-order valence-electron chi connectivity index (χ1n) is 7.78. The number of hydrogen-bond donors (Lipinski definition) is 0. The van der Waals surface area contributed by atoms with Crippen LogP contribution in [-0.2, 0) is 6.61 Å². The van der Waals surface area contributed by atoms with Crippen LogP contribution in [0.15, 0.2) is 83.9 Å². The Morgan fingerprint density at radius 3 is 2.12 bits per heavy atom. The average molecular weight is 317 g/mol. The lowest BCUT2D eigenvalue weighted by Crippen LogP contribution is -1.94. The van der Waals surface area contributed by atoms with Crippen LogP contribution in [0.2, 0.25) is 0 Å². The van der Waals surface area contributed by atoms with Gasteiger partial charge in [-0.1, -0.05) is 30.3 Å². The van der Waals surface area contributed by atoms with Crippen molar-refractivity contribution in [2.45, 2.75) is 6.61 Å². The summed E-state index contributed by atoms with van der Waals surface area (Å²) in [6.45, 7) is 0.570. The monoisotopic (exact) mass is 317 g/mol. The van der Waals surface area contributed by atoms with Gasteiger partial charge in [0, 0.05) is 6.21 Å². The Balaban J connectivity index is 1.58. The zero-order valence-electron chi connectivity index (χ0n) is 13.6. The zero-order chi connectivity index (χ0) is 16.6. The summed E-state index contributed by atoms with van der Waals surface area (Å²) in [5.41, 5.74) is 3.07. The highest BCUT2D eigenvalue weighted by atomic mass is 16.5. The number of methoxy groups -OCH3 is 1. The molecule has 0 unspecified atom stereocenters. The molecule has 120 valence electrons. The molecule has 3 rings (SSSR count). The van der Waals surface area contributed by atoms with Crippen molar-refractivity contribution in [3.63, 3.8) is 0 Å². The van der Waals surface area contributed by atoms with E-state index in [9.17, 15) is 0 Å². The standard InChI is InChI=1S/C21H19NO2/c1-23-20-13-9-19(10-14-20)22-15-17-7-11-21(12-8-17)24-16-18-5-3-2-4-6-18/h2-15H,16H2,1H3/b22-15+. The molecule has 0 aliphatic carbocycles. The molecule has 3 nitrogen and oxygen atoms in total. The molecule has 0 radical (unpaired) electrons. The van der Waals surface area contributed by atoms with E-state index in [1.807, 2.05) is 72.9 Å². The quantitative estimate of drug-likeness (QED) is 0.597. The normalized spacial score (nSPS) is 10.7. The minimum absolute atomic E-state index is 0.570. The van der Waals surface area contributed by atoms with Crippen LogP contribution in [0.3, 0.4) is 0 Å². The Hall–Kier alpha value is -3.07.